The average Bonchev–Trinajstić information content (AvgIpc) is 3.14. The summed E-state index contributed by atoms with van der Waals surface area (Å²) >= 11 is 0. The Kier molecular flexibility index (Phi) is 4.05. The monoisotopic (exact) mass is 318 g/mol. The van der Waals surface area contributed by atoms with Crippen LogP contribution in [0.15, 0.2) is 54.9 Å². The summed E-state index contributed by atoms with van der Waals surface area (Å²) in [5, 5.41) is 10.4. The molecule has 1 aliphatic rings. The quantitative estimate of drug-likeness (QED) is 0.771. The van der Waals surface area contributed by atoms with Gasteiger partial charge in [0.15, 0.2) is 0 Å². The van der Waals surface area contributed by atoms with Crippen molar-refractivity contribution in [2.24, 2.45) is 0 Å². The molecule has 2 N–H and O–H groups in total. The van der Waals surface area contributed by atoms with Gasteiger partial charge in [0.25, 0.3) is 0 Å². The van der Waals surface area contributed by atoms with Gasteiger partial charge in [-0.05, 0) is 53.9 Å². The summed E-state index contributed by atoms with van der Waals surface area (Å²) in [6.45, 7) is 3.02. The molecule has 2 heterocycles. The molecule has 4 rings (SSSR count). The fourth-order valence-corrected chi connectivity index (χ4v) is 3.28. The molecule has 2 aromatic carbocycles. The van der Waals surface area contributed by atoms with Crippen LogP contribution in [0.5, 0.6) is 0 Å². The number of rotatable bonds is 4. The largest absolute Gasteiger partial charge is 0.381 e. The van der Waals surface area contributed by atoms with Crippen LogP contribution in [0.4, 0.5) is 5.69 Å². The molecule has 0 saturated heterocycles. The molecule has 0 amide bonds. The Hall–Kier alpha value is -2.59. The van der Waals surface area contributed by atoms with Crippen molar-refractivity contribution < 1.29 is 0 Å². The van der Waals surface area contributed by atoms with Crippen LogP contribution >= 0.6 is 0 Å². The van der Waals surface area contributed by atoms with Crippen molar-refractivity contribution in [3.05, 3.63) is 71.5 Å². The number of nitrogens with zero attached hydrogens (tertiary/aromatic N) is 2. The Labute approximate surface area is 142 Å². The number of nitrogens with one attached hydrogen (secondary N) is 2. The Morgan fingerprint density at radius 3 is 2.96 bits per heavy atom. The summed E-state index contributed by atoms with van der Waals surface area (Å²) in [4.78, 5) is 2.38. The van der Waals surface area contributed by atoms with Crippen LogP contribution in [0.2, 0.25) is 0 Å². The first-order valence-corrected chi connectivity index (χ1v) is 8.40. The molecule has 0 atom stereocenters. The van der Waals surface area contributed by atoms with E-state index in [-0.39, 0.29) is 0 Å². The van der Waals surface area contributed by atoms with Gasteiger partial charge in [0, 0.05) is 37.1 Å². The molecule has 3 aromatic rings. The molecule has 24 heavy (non-hydrogen) atoms. The lowest BCUT2D eigenvalue weighted by molar-refractivity contribution is 0.313. The number of fused-ring (bicyclic) bond motifs is 1. The number of aromatic amines is 1. The van der Waals surface area contributed by atoms with E-state index in [9.17, 15) is 0 Å². The van der Waals surface area contributed by atoms with Gasteiger partial charge in [0.05, 0.1) is 6.20 Å². The lowest BCUT2D eigenvalue weighted by Crippen LogP contribution is -2.26. The van der Waals surface area contributed by atoms with Gasteiger partial charge in [-0.2, -0.15) is 5.10 Å². The Balaban J connectivity index is 1.47. The lowest BCUT2D eigenvalue weighted by atomic mass is 9.99. The summed E-state index contributed by atoms with van der Waals surface area (Å²) in [6, 6.07) is 15.3. The van der Waals surface area contributed by atoms with Crippen LogP contribution < -0.4 is 5.32 Å². The van der Waals surface area contributed by atoms with Crippen LogP contribution in [0.1, 0.15) is 16.7 Å². The van der Waals surface area contributed by atoms with Crippen LogP contribution in [-0.4, -0.2) is 28.7 Å². The number of anilines is 1. The van der Waals surface area contributed by atoms with E-state index in [4.69, 9.17) is 0 Å². The van der Waals surface area contributed by atoms with E-state index in [2.05, 4.69) is 69.9 Å². The van der Waals surface area contributed by atoms with Gasteiger partial charge in [-0.3, -0.25) is 5.10 Å². The van der Waals surface area contributed by atoms with Crippen molar-refractivity contribution in [1.82, 2.24) is 15.1 Å². The van der Waals surface area contributed by atoms with Crippen molar-refractivity contribution in [2.75, 3.05) is 18.9 Å². The van der Waals surface area contributed by atoms with Crippen molar-refractivity contribution >= 4 is 5.69 Å². The van der Waals surface area contributed by atoms with E-state index in [0.717, 1.165) is 31.6 Å². The maximum Gasteiger partial charge on any atom is 0.0565 e. The molecule has 4 nitrogen and oxygen atoms in total. The fraction of sp³-hybridized carbons (Fsp3) is 0.250. The minimum Gasteiger partial charge on any atom is -0.381 e. The SMILES string of the molecule is CN1CCc2ccc(NCc3cccc(-c4cn[nH]c4)c3)cc2C1. The van der Waals surface area contributed by atoms with Crippen LogP contribution in [0, 0.1) is 0 Å². The van der Waals surface area contributed by atoms with Gasteiger partial charge in [-0.1, -0.05) is 24.3 Å². The second kappa shape index (κ2) is 6.49. The molecule has 0 saturated carbocycles. The summed E-state index contributed by atoms with van der Waals surface area (Å²) in [7, 11) is 2.18. The summed E-state index contributed by atoms with van der Waals surface area (Å²) in [6.07, 6.45) is 4.93. The zero-order chi connectivity index (χ0) is 16.4. The van der Waals surface area contributed by atoms with Gasteiger partial charge in [0.1, 0.15) is 0 Å². The predicted octanol–water partition coefficient (Wildman–Crippen LogP) is 3.68. The van der Waals surface area contributed by atoms with Crippen molar-refractivity contribution in [3.63, 3.8) is 0 Å². The molecular weight excluding hydrogens is 296 g/mol. The highest BCUT2D eigenvalue weighted by molar-refractivity contribution is 5.62. The van der Waals surface area contributed by atoms with E-state index >= 15 is 0 Å². The standard InChI is InChI=1S/C20H22N4/c1-24-8-7-16-5-6-20(10-18(16)14-24)21-11-15-3-2-4-17(9-15)19-12-22-23-13-19/h2-6,9-10,12-13,21H,7-8,11,14H2,1H3,(H,22,23). The highest BCUT2D eigenvalue weighted by atomic mass is 15.1. The third-order valence-corrected chi connectivity index (χ3v) is 4.66. The summed E-state index contributed by atoms with van der Waals surface area (Å²) in [5.74, 6) is 0. The van der Waals surface area contributed by atoms with Crippen LogP contribution in [0.25, 0.3) is 11.1 Å². The summed E-state index contributed by atoms with van der Waals surface area (Å²) in [5.41, 5.74) is 7.70. The first kappa shape index (κ1) is 15.0. The van der Waals surface area contributed by atoms with Crippen molar-refractivity contribution in [2.45, 2.75) is 19.5 Å². The number of H-pyrrole nitrogens is 1. The first-order valence-electron chi connectivity index (χ1n) is 8.40. The lowest BCUT2D eigenvalue weighted by Gasteiger charge is -2.25. The number of likely N-dealkylation sites (N-methyl/N-ethyl adjacent to an activating group) is 1. The molecule has 122 valence electrons. The minimum atomic E-state index is 0.820. The van der Waals surface area contributed by atoms with Gasteiger partial charge < -0.3 is 10.2 Å². The number of benzene rings is 2. The van der Waals surface area contributed by atoms with Crippen molar-refractivity contribution in [3.8, 4) is 11.1 Å². The Morgan fingerprint density at radius 1 is 1.12 bits per heavy atom. The fourth-order valence-electron chi connectivity index (χ4n) is 3.28. The van der Waals surface area contributed by atoms with Crippen LogP contribution in [-0.2, 0) is 19.5 Å². The molecular formula is C20H22N4. The normalized spacial score (nSPS) is 14.4. The van der Waals surface area contributed by atoms with Gasteiger partial charge in [-0.25, -0.2) is 0 Å². The molecule has 1 aliphatic heterocycles. The van der Waals surface area contributed by atoms with Gasteiger partial charge in [-0.15, -0.1) is 0 Å². The first-order chi connectivity index (χ1) is 11.8. The Bertz CT molecular complexity index is 823. The topological polar surface area (TPSA) is 44.0 Å². The van der Waals surface area contributed by atoms with Gasteiger partial charge in [0.2, 0.25) is 0 Å². The van der Waals surface area contributed by atoms with E-state index in [1.165, 1.54) is 27.9 Å². The molecule has 0 aliphatic carbocycles. The maximum atomic E-state index is 4.02. The molecule has 0 bridgehead atoms. The second-order valence-electron chi connectivity index (χ2n) is 6.51. The van der Waals surface area contributed by atoms with E-state index in [1.54, 1.807) is 0 Å². The number of aromatic nitrogens is 2. The third kappa shape index (κ3) is 3.19. The molecule has 0 spiro atoms. The van der Waals surface area contributed by atoms with Crippen LogP contribution in [0.3, 0.4) is 0 Å². The highest BCUT2D eigenvalue weighted by Gasteiger charge is 2.13. The molecule has 0 unspecified atom stereocenters. The number of hydrogen-bond donors (Lipinski definition) is 2. The molecule has 0 fully saturated rings. The van der Waals surface area contributed by atoms with E-state index in [1.807, 2.05) is 12.4 Å². The minimum absolute atomic E-state index is 0.820. The predicted molar refractivity (Wildman–Crippen MR) is 97.8 cm³/mol. The maximum absolute atomic E-state index is 4.02. The van der Waals surface area contributed by atoms with Crippen molar-refractivity contribution in [1.29, 1.82) is 0 Å². The highest BCUT2D eigenvalue weighted by Crippen LogP contribution is 2.23. The second-order valence-corrected chi connectivity index (χ2v) is 6.51. The zero-order valence-corrected chi connectivity index (χ0v) is 13.9. The smallest absolute Gasteiger partial charge is 0.0565 e. The average molecular weight is 318 g/mol. The third-order valence-electron chi connectivity index (χ3n) is 4.66. The summed E-state index contributed by atoms with van der Waals surface area (Å²) < 4.78 is 0. The number of hydrogen-bond acceptors (Lipinski definition) is 3. The molecule has 4 heteroatoms. The Morgan fingerprint density at radius 2 is 2.08 bits per heavy atom. The van der Waals surface area contributed by atoms with E-state index < -0.39 is 0 Å². The van der Waals surface area contributed by atoms with E-state index in [0.29, 0.717) is 0 Å². The van der Waals surface area contributed by atoms with Gasteiger partial charge >= 0.3 is 0 Å². The molecule has 1 aromatic heterocycles. The zero-order valence-electron chi connectivity index (χ0n) is 13.9. The molecule has 0 radical (unpaired) electrons.